The fourth-order valence-corrected chi connectivity index (χ4v) is 10.00. The van der Waals surface area contributed by atoms with E-state index < -0.39 is 0 Å². The predicted molar refractivity (Wildman–Crippen MR) is 278 cm³/mol. The summed E-state index contributed by atoms with van der Waals surface area (Å²) in [7, 11) is 0. The number of hydrogen-bond acceptors (Lipinski definition) is 2. The van der Waals surface area contributed by atoms with E-state index in [2.05, 4.69) is 223 Å². The van der Waals surface area contributed by atoms with Crippen LogP contribution in [-0.2, 0) is 0 Å². The molecule has 310 valence electrons. The molecular weight excluding hydrogens is 805 g/mol. The molecule has 5 nitrogen and oxygen atoms in total. The molecule has 66 heavy (non-hydrogen) atoms. The number of rotatable bonds is 5. The minimum absolute atomic E-state index is 0.548. The van der Waals surface area contributed by atoms with E-state index >= 15 is 0 Å². The third-order valence-electron chi connectivity index (χ3n) is 13.3. The number of para-hydroxylation sites is 4. The minimum Gasteiger partial charge on any atom is -0.454 e. The molecule has 0 saturated heterocycles. The maximum atomic E-state index is 6.57. The molecule has 0 fully saturated rings. The van der Waals surface area contributed by atoms with Gasteiger partial charge in [-0.15, -0.1) is 0 Å². The number of benzene rings is 10. The van der Waals surface area contributed by atoms with Crippen molar-refractivity contribution >= 4 is 104 Å². The van der Waals surface area contributed by atoms with Crippen molar-refractivity contribution in [2.75, 3.05) is 0 Å². The first kappa shape index (κ1) is 37.7. The standard InChI is InChI=1S/C61H40N4O/c1-38(42-28-26-40-14-3-5-16-44(40)34-42)62-61(63-39(2)43-29-27-41-15-4-6-17-45(41)35-43)65-55-23-11-8-19-49(55)53-37-47(31-33-57(53)65)46-30-32-56-52(36-46)48-18-7-10-22-54(48)64(56)58-24-13-21-51-50-20-9-12-25-59(50)66-60(51)58/h3-37H,1H2,2H3. The molecule has 0 spiro atoms. The Balaban J connectivity index is 0.975. The van der Waals surface area contributed by atoms with Crippen LogP contribution < -0.4 is 0 Å². The topological polar surface area (TPSA) is 47.7 Å². The zero-order valence-corrected chi connectivity index (χ0v) is 36.1. The molecule has 3 aromatic heterocycles. The van der Waals surface area contributed by atoms with Gasteiger partial charge in [0.2, 0.25) is 5.96 Å². The average molecular weight is 845 g/mol. The zero-order chi connectivity index (χ0) is 43.9. The third-order valence-corrected chi connectivity index (χ3v) is 13.3. The highest BCUT2D eigenvalue weighted by Gasteiger charge is 2.20. The quantitative estimate of drug-likeness (QED) is 0.126. The first-order chi connectivity index (χ1) is 32.5. The summed E-state index contributed by atoms with van der Waals surface area (Å²) in [5.41, 5.74) is 12.8. The van der Waals surface area contributed by atoms with Crippen LogP contribution in [0.5, 0.6) is 0 Å². The Hall–Kier alpha value is -8.80. The summed E-state index contributed by atoms with van der Waals surface area (Å²) < 4.78 is 11.1. The molecule has 0 aliphatic rings. The van der Waals surface area contributed by atoms with Crippen LogP contribution in [0.25, 0.3) is 110 Å². The van der Waals surface area contributed by atoms with Crippen LogP contribution in [0, 0.1) is 0 Å². The van der Waals surface area contributed by atoms with E-state index in [0.717, 1.165) is 93.8 Å². The van der Waals surface area contributed by atoms with Gasteiger partial charge in [-0.25, -0.2) is 9.98 Å². The van der Waals surface area contributed by atoms with Crippen molar-refractivity contribution in [3.8, 4) is 16.8 Å². The van der Waals surface area contributed by atoms with Gasteiger partial charge in [0.15, 0.2) is 5.58 Å². The van der Waals surface area contributed by atoms with Gasteiger partial charge >= 0.3 is 0 Å². The zero-order valence-electron chi connectivity index (χ0n) is 36.1. The largest absolute Gasteiger partial charge is 0.454 e. The van der Waals surface area contributed by atoms with Crippen LogP contribution >= 0.6 is 0 Å². The monoisotopic (exact) mass is 844 g/mol. The summed E-state index contributed by atoms with van der Waals surface area (Å²) in [6.45, 7) is 6.60. The van der Waals surface area contributed by atoms with Crippen LogP contribution in [0.15, 0.2) is 233 Å². The first-order valence-corrected chi connectivity index (χ1v) is 22.3. The SMILES string of the molecule is C=C(N=C(N=C(C)c1ccc2ccccc2c1)n1c2ccccc2c2cc(-c3ccc4c(c3)c3ccccc3n4-c3cccc4c3oc3ccccc34)ccc21)c1ccc2ccccc2c1. The maximum Gasteiger partial charge on any atom is 0.235 e. The highest BCUT2D eigenvalue weighted by molar-refractivity contribution is 6.19. The molecule has 0 amide bonds. The molecule has 13 rings (SSSR count). The normalized spacial score (nSPS) is 12.6. The Morgan fingerprint density at radius 1 is 0.424 bits per heavy atom. The van der Waals surface area contributed by atoms with Gasteiger partial charge in [-0.2, -0.15) is 0 Å². The lowest BCUT2D eigenvalue weighted by Crippen LogP contribution is -2.12. The average Bonchev–Trinajstić information content (AvgIpc) is 4.03. The molecule has 0 unspecified atom stereocenters. The summed E-state index contributed by atoms with van der Waals surface area (Å²) in [5, 5.41) is 11.5. The second-order valence-electron chi connectivity index (χ2n) is 17.1. The summed E-state index contributed by atoms with van der Waals surface area (Å²) in [4.78, 5) is 10.7. The molecule has 0 aliphatic heterocycles. The van der Waals surface area contributed by atoms with Crippen molar-refractivity contribution in [2.24, 2.45) is 9.98 Å². The van der Waals surface area contributed by atoms with Gasteiger partial charge in [-0.05, 0) is 106 Å². The van der Waals surface area contributed by atoms with E-state index in [1.54, 1.807) is 0 Å². The highest BCUT2D eigenvalue weighted by Crippen LogP contribution is 2.40. The lowest BCUT2D eigenvalue weighted by atomic mass is 10.0. The second kappa shape index (κ2) is 14.9. The third kappa shape index (κ3) is 6.01. The molecule has 0 N–H and O–H groups in total. The van der Waals surface area contributed by atoms with E-state index in [4.69, 9.17) is 14.4 Å². The first-order valence-electron chi connectivity index (χ1n) is 22.3. The Labute approximate surface area is 380 Å². The van der Waals surface area contributed by atoms with Crippen molar-refractivity contribution in [3.05, 3.63) is 230 Å². The molecule has 5 heteroatoms. The Morgan fingerprint density at radius 3 is 1.70 bits per heavy atom. The summed E-state index contributed by atoms with van der Waals surface area (Å²) >= 11 is 0. The smallest absolute Gasteiger partial charge is 0.235 e. The summed E-state index contributed by atoms with van der Waals surface area (Å²) in [6.07, 6.45) is 0. The number of aliphatic imine (C=N–C) groups is 2. The molecule has 0 saturated carbocycles. The van der Waals surface area contributed by atoms with Gasteiger partial charge in [0, 0.05) is 43.6 Å². The Bertz CT molecular complexity index is 4210. The van der Waals surface area contributed by atoms with E-state index in [-0.39, 0.29) is 0 Å². The van der Waals surface area contributed by atoms with E-state index in [9.17, 15) is 0 Å². The van der Waals surface area contributed by atoms with E-state index in [1.807, 2.05) is 12.1 Å². The molecule has 13 aromatic rings. The second-order valence-corrected chi connectivity index (χ2v) is 17.1. The Kier molecular flexibility index (Phi) is 8.52. The van der Waals surface area contributed by atoms with Gasteiger partial charge in [-0.3, -0.25) is 4.57 Å². The van der Waals surface area contributed by atoms with Gasteiger partial charge < -0.3 is 8.98 Å². The molecular formula is C61H40N4O. The van der Waals surface area contributed by atoms with Gasteiger partial charge in [0.1, 0.15) is 5.58 Å². The van der Waals surface area contributed by atoms with Crippen molar-refractivity contribution in [3.63, 3.8) is 0 Å². The van der Waals surface area contributed by atoms with Crippen LogP contribution in [0.1, 0.15) is 18.1 Å². The highest BCUT2D eigenvalue weighted by atomic mass is 16.3. The van der Waals surface area contributed by atoms with Crippen molar-refractivity contribution in [2.45, 2.75) is 6.92 Å². The van der Waals surface area contributed by atoms with Crippen LogP contribution in [0.4, 0.5) is 0 Å². The van der Waals surface area contributed by atoms with Gasteiger partial charge in [0.25, 0.3) is 0 Å². The molecule has 0 radical (unpaired) electrons. The fourth-order valence-electron chi connectivity index (χ4n) is 10.00. The van der Waals surface area contributed by atoms with E-state index in [0.29, 0.717) is 11.7 Å². The number of nitrogens with zero attached hydrogens (tertiary/aromatic N) is 4. The van der Waals surface area contributed by atoms with Crippen LogP contribution in [0.2, 0.25) is 0 Å². The summed E-state index contributed by atoms with van der Waals surface area (Å²) in [6, 6.07) is 75.2. The molecule has 0 aliphatic carbocycles. The van der Waals surface area contributed by atoms with E-state index in [1.165, 1.54) is 26.9 Å². The van der Waals surface area contributed by atoms with Gasteiger partial charge in [0.05, 0.1) is 33.5 Å². The molecule has 10 aromatic carbocycles. The molecule has 0 bridgehead atoms. The lowest BCUT2D eigenvalue weighted by Gasteiger charge is -2.12. The van der Waals surface area contributed by atoms with Crippen LogP contribution in [-0.4, -0.2) is 20.8 Å². The van der Waals surface area contributed by atoms with Crippen molar-refractivity contribution in [1.29, 1.82) is 0 Å². The van der Waals surface area contributed by atoms with Crippen molar-refractivity contribution < 1.29 is 4.42 Å². The number of fused-ring (bicyclic) bond motifs is 11. The Morgan fingerprint density at radius 2 is 0.955 bits per heavy atom. The van der Waals surface area contributed by atoms with Crippen LogP contribution in [0.3, 0.4) is 0 Å². The molecule has 3 heterocycles. The maximum absolute atomic E-state index is 6.57. The summed E-state index contributed by atoms with van der Waals surface area (Å²) in [5.74, 6) is 0.548. The van der Waals surface area contributed by atoms with Crippen molar-refractivity contribution in [1.82, 2.24) is 9.13 Å². The minimum atomic E-state index is 0.548. The molecule has 0 atom stereocenters. The predicted octanol–water partition coefficient (Wildman–Crippen LogP) is 16.1. The number of aromatic nitrogens is 2. The fraction of sp³-hybridized carbons (Fsp3) is 0.0164. The number of furan rings is 1. The lowest BCUT2D eigenvalue weighted by molar-refractivity contribution is 0.666. The van der Waals surface area contributed by atoms with Gasteiger partial charge in [-0.1, -0.05) is 158 Å². The number of hydrogen-bond donors (Lipinski definition) is 0.